The smallest absolute Gasteiger partial charge is 0.0162 e. The van der Waals surface area contributed by atoms with Crippen LogP contribution in [0.3, 0.4) is 0 Å². The molecule has 0 bridgehead atoms. The molecule has 3 rings (SSSR count). The third-order valence-electron chi connectivity index (χ3n) is 7.90. The standard InChI is InChI=1S/C28H46/c1-3-5-7-9-23-13-17-27(18-14-23)28-19-15-24(16-20-28)11-12-26-21-25(22-26)10-8-6-4-2/h15-16,19-20,23,25-27H,3-14,17-18,21-22H2,1-2H3. The average Bonchev–Trinajstić information content (AvgIpc) is 2.70. The minimum atomic E-state index is 0.840. The van der Waals surface area contributed by atoms with Crippen LogP contribution in [0.2, 0.25) is 0 Å². The van der Waals surface area contributed by atoms with Crippen LogP contribution in [0.4, 0.5) is 0 Å². The Labute approximate surface area is 175 Å². The zero-order valence-corrected chi connectivity index (χ0v) is 18.9. The molecule has 0 N–H and O–H groups in total. The summed E-state index contributed by atoms with van der Waals surface area (Å²) >= 11 is 0. The zero-order chi connectivity index (χ0) is 19.6. The van der Waals surface area contributed by atoms with Crippen LogP contribution in [0, 0.1) is 17.8 Å². The molecule has 0 unspecified atom stereocenters. The highest BCUT2D eigenvalue weighted by molar-refractivity contribution is 5.26. The molecule has 0 atom stereocenters. The highest BCUT2D eigenvalue weighted by atomic mass is 14.3. The molecule has 0 nitrogen and oxygen atoms in total. The Hall–Kier alpha value is -0.780. The topological polar surface area (TPSA) is 0 Å². The summed E-state index contributed by atoms with van der Waals surface area (Å²) in [5.74, 6) is 3.95. The first-order chi connectivity index (χ1) is 13.8. The number of rotatable bonds is 12. The van der Waals surface area contributed by atoms with Crippen molar-refractivity contribution in [2.24, 2.45) is 17.8 Å². The first kappa shape index (κ1) is 21.9. The van der Waals surface area contributed by atoms with Gasteiger partial charge >= 0.3 is 0 Å². The lowest BCUT2D eigenvalue weighted by molar-refractivity contribution is 0.168. The van der Waals surface area contributed by atoms with Gasteiger partial charge in [0, 0.05) is 0 Å². The van der Waals surface area contributed by atoms with Gasteiger partial charge in [-0.1, -0.05) is 89.5 Å². The molecule has 0 aliphatic heterocycles. The Balaban J connectivity index is 1.31. The van der Waals surface area contributed by atoms with E-state index in [9.17, 15) is 0 Å². The Morgan fingerprint density at radius 3 is 1.82 bits per heavy atom. The number of aryl methyl sites for hydroxylation is 1. The summed E-state index contributed by atoms with van der Waals surface area (Å²) in [6.07, 6.45) is 23.1. The molecule has 1 aromatic rings. The Morgan fingerprint density at radius 1 is 0.643 bits per heavy atom. The summed E-state index contributed by atoms with van der Waals surface area (Å²) in [5, 5.41) is 0. The van der Waals surface area contributed by atoms with Gasteiger partial charge in [-0.15, -0.1) is 0 Å². The van der Waals surface area contributed by atoms with Crippen LogP contribution >= 0.6 is 0 Å². The lowest BCUT2D eigenvalue weighted by Crippen LogP contribution is -2.24. The number of unbranched alkanes of at least 4 members (excludes halogenated alkanes) is 4. The van der Waals surface area contributed by atoms with E-state index in [1.165, 1.54) is 103 Å². The fourth-order valence-corrected chi connectivity index (χ4v) is 5.82. The molecule has 28 heavy (non-hydrogen) atoms. The van der Waals surface area contributed by atoms with Gasteiger partial charge in [0.1, 0.15) is 0 Å². The lowest BCUT2D eigenvalue weighted by Gasteiger charge is -2.35. The lowest BCUT2D eigenvalue weighted by atomic mass is 9.70. The molecule has 0 radical (unpaired) electrons. The first-order valence-corrected chi connectivity index (χ1v) is 12.9. The van der Waals surface area contributed by atoms with E-state index in [2.05, 4.69) is 38.1 Å². The van der Waals surface area contributed by atoms with Crippen LogP contribution in [0.25, 0.3) is 0 Å². The second kappa shape index (κ2) is 12.0. The molecule has 1 aromatic carbocycles. The zero-order valence-electron chi connectivity index (χ0n) is 18.9. The van der Waals surface area contributed by atoms with Crippen molar-refractivity contribution in [1.82, 2.24) is 0 Å². The van der Waals surface area contributed by atoms with Gasteiger partial charge in [0.2, 0.25) is 0 Å². The Kier molecular flexibility index (Phi) is 9.42. The normalized spacial score (nSPS) is 27.5. The van der Waals surface area contributed by atoms with E-state index in [1.54, 1.807) is 11.1 Å². The molecule has 0 saturated heterocycles. The number of hydrogen-bond acceptors (Lipinski definition) is 0. The molecular weight excluding hydrogens is 336 g/mol. The molecule has 2 aliphatic carbocycles. The van der Waals surface area contributed by atoms with Crippen molar-refractivity contribution in [2.75, 3.05) is 0 Å². The van der Waals surface area contributed by atoms with Crippen LogP contribution in [0.1, 0.15) is 127 Å². The number of benzene rings is 1. The van der Waals surface area contributed by atoms with E-state index < -0.39 is 0 Å². The summed E-state index contributed by atoms with van der Waals surface area (Å²) in [4.78, 5) is 0. The molecule has 158 valence electrons. The van der Waals surface area contributed by atoms with E-state index in [-0.39, 0.29) is 0 Å². The van der Waals surface area contributed by atoms with E-state index in [1.807, 2.05) is 0 Å². The predicted molar refractivity (Wildman–Crippen MR) is 124 cm³/mol. The molecule has 2 saturated carbocycles. The maximum Gasteiger partial charge on any atom is -0.0162 e. The third-order valence-corrected chi connectivity index (χ3v) is 7.90. The summed E-state index contributed by atoms with van der Waals surface area (Å²) < 4.78 is 0. The monoisotopic (exact) mass is 382 g/mol. The van der Waals surface area contributed by atoms with Crippen molar-refractivity contribution in [2.45, 2.75) is 122 Å². The number of hydrogen-bond donors (Lipinski definition) is 0. The fourth-order valence-electron chi connectivity index (χ4n) is 5.82. The highest BCUT2D eigenvalue weighted by Gasteiger charge is 2.28. The van der Waals surface area contributed by atoms with Crippen LogP contribution in [0.15, 0.2) is 24.3 Å². The highest BCUT2D eigenvalue weighted by Crippen LogP contribution is 2.40. The summed E-state index contributed by atoms with van der Waals surface area (Å²) in [7, 11) is 0. The molecule has 0 spiro atoms. The van der Waals surface area contributed by atoms with Gasteiger partial charge in [0.05, 0.1) is 0 Å². The Bertz CT molecular complexity index is 513. The maximum atomic E-state index is 2.46. The van der Waals surface area contributed by atoms with Gasteiger partial charge in [0.25, 0.3) is 0 Å². The average molecular weight is 383 g/mol. The van der Waals surface area contributed by atoms with E-state index in [0.29, 0.717) is 0 Å². The molecule has 2 fully saturated rings. The van der Waals surface area contributed by atoms with Gasteiger partial charge in [-0.2, -0.15) is 0 Å². The molecule has 0 heterocycles. The van der Waals surface area contributed by atoms with Crippen LogP contribution in [-0.2, 0) is 6.42 Å². The first-order valence-electron chi connectivity index (χ1n) is 12.9. The minimum absolute atomic E-state index is 0.840. The van der Waals surface area contributed by atoms with Crippen molar-refractivity contribution >= 4 is 0 Å². The minimum Gasteiger partial charge on any atom is -0.0654 e. The molecule has 0 aromatic heterocycles. The van der Waals surface area contributed by atoms with Crippen LogP contribution in [0.5, 0.6) is 0 Å². The predicted octanol–water partition coefficient (Wildman–Crippen LogP) is 9.08. The second-order valence-corrected chi connectivity index (χ2v) is 10.2. The summed E-state index contributed by atoms with van der Waals surface area (Å²) in [6.45, 7) is 4.63. The van der Waals surface area contributed by atoms with Gasteiger partial charge in [-0.25, -0.2) is 0 Å². The van der Waals surface area contributed by atoms with Gasteiger partial charge < -0.3 is 0 Å². The quantitative estimate of drug-likeness (QED) is 0.316. The van der Waals surface area contributed by atoms with Gasteiger partial charge in [-0.05, 0) is 86.2 Å². The van der Waals surface area contributed by atoms with E-state index in [0.717, 1.165) is 23.7 Å². The van der Waals surface area contributed by atoms with Crippen molar-refractivity contribution in [1.29, 1.82) is 0 Å². The largest absolute Gasteiger partial charge is 0.0654 e. The van der Waals surface area contributed by atoms with Crippen molar-refractivity contribution in [3.63, 3.8) is 0 Å². The SMILES string of the molecule is CCCCCC1CCC(c2ccc(CCC3CC(CCCCC)C3)cc2)CC1. The second-order valence-electron chi connectivity index (χ2n) is 10.2. The molecule has 0 heteroatoms. The van der Waals surface area contributed by atoms with Crippen molar-refractivity contribution in [3.05, 3.63) is 35.4 Å². The van der Waals surface area contributed by atoms with Gasteiger partial charge in [0.15, 0.2) is 0 Å². The van der Waals surface area contributed by atoms with Gasteiger partial charge in [-0.3, -0.25) is 0 Å². The van der Waals surface area contributed by atoms with E-state index in [4.69, 9.17) is 0 Å². The molecular formula is C28H46. The van der Waals surface area contributed by atoms with Crippen molar-refractivity contribution < 1.29 is 0 Å². The van der Waals surface area contributed by atoms with E-state index >= 15 is 0 Å². The fraction of sp³-hybridized carbons (Fsp3) is 0.786. The molecule has 0 amide bonds. The summed E-state index contributed by atoms with van der Waals surface area (Å²) in [5.41, 5.74) is 3.20. The third kappa shape index (κ3) is 6.93. The summed E-state index contributed by atoms with van der Waals surface area (Å²) in [6, 6.07) is 9.82. The van der Waals surface area contributed by atoms with Crippen LogP contribution in [-0.4, -0.2) is 0 Å². The van der Waals surface area contributed by atoms with Crippen molar-refractivity contribution in [3.8, 4) is 0 Å². The maximum absolute atomic E-state index is 2.46. The Morgan fingerprint density at radius 2 is 1.21 bits per heavy atom. The molecule has 2 aliphatic rings. The van der Waals surface area contributed by atoms with Crippen LogP contribution < -0.4 is 0 Å².